The molecule has 2 aliphatic rings. The molecule has 0 atom stereocenters. The fourth-order valence-corrected chi connectivity index (χ4v) is 4.09. The summed E-state index contributed by atoms with van der Waals surface area (Å²) in [6.45, 7) is 2.01. The zero-order chi connectivity index (χ0) is 11.0. The molecule has 0 amide bonds. The van der Waals surface area contributed by atoms with Crippen molar-refractivity contribution in [3.8, 4) is 0 Å². The van der Waals surface area contributed by atoms with Crippen molar-refractivity contribution >= 4 is 11.3 Å². The summed E-state index contributed by atoms with van der Waals surface area (Å²) in [5.74, 6) is 0. The van der Waals surface area contributed by atoms with Crippen molar-refractivity contribution in [3.63, 3.8) is 0 Å². The Morgan fingerprint density at radius 3 is 2.81 bits per heavy atom. The average Bonchev–Trinajstić information content (AvgIpc) is 2.65. The molecule has 0 unspecified atom stereocenters. The normalized spacial score (nSPS) is 22.6. The molecule has 1 aliphatic carbocycles. The zero-order valence-electron chi connectivity index (χ0n) is 9.84. The molecule has 2 nitrogen and oxygen atoms in total. The van der Waals surface area contributed by atoms with Crippen molar-refractivity contribution < 1.29 is 4.74 Å². The number of aryl methyl sites for hydroxylation is 2. The predicted molar refractivity (Wildman–Crippen MR) is 67.3 cm³/mol. The van der Waals surface area contributed by atoms with E-state index in [2.05, 4.69) is 11.4 Å². The van der Waals surface area contributed by atoms with Crippen LogP contribution in [0.4, 0.5) is 0 Å². The summed E-state index contributed by atoms with van der Waals surface area (Å²) in [6.07, 6.45) is 6.44. The first-order chi connectivity index (χ1) is 7.81. The molecule has 0 radical (unpaired) electrons. The molecule has 1 aromatic heterocycles. The Balaban J connectivity index is 1.77. The van der Waals surface area contributed by atoms with E-state index in [0.29, 0.717) is 0 Å². The largest absolute Gasteiger partial charge is 0.375 e. The third-order valence-corrected chi connectivity index (χ3v) is 5.11. The van der Waals surface area contributed by atoms with Crippen molar-refractivity contribution in [3.05, 3.63) is 21.4 Å². The minimum Gasteiger partial charge on any atom is -0.375 e. The van der Waals surface area contributed by atoms with Crippen LogP contribution >= 0.6 is 11.3 Å². The van der Waals surface area contributed by atoms with E-state index in [1.165, 1.54) is 30.6 Å². The van der Waals surface area contributed by atoms with Gasteiger partial charge in [-0.25, -0.2) is 0 Å². The first-order valence-electron chi connectivity index (χ1n) is 6.18. The number of ether oxygens (including phenoxy) is 1. The molecule has 88 valence electrons. The van der Waals surface area contributed by atoms with Crippen molar-refractivity contribution in [2.45, 2.75) is 37.7 Å². The molecular formula is C13H19NOS. The van der Waals surface area contributed by atoms with Gasteiger partial charge in [0.15, 0.2) is 0 Å². The molecule has 1 N–H and O–H groups in total. The van der Waals surface area contributed by atoms with Gasteiger partial charge in [-0.1, -0.05) is 0 Å². The Kier molecular flexibility index (Phi) is 2.78. The topological polar surface area (TPSA) is 21.3 Å². The van der Waals surface area contributed by atoms with Crippen LogP contribution in [-0.2, 0) is 24.0 Å². The van der Waals surface area contributed by atoms with Crippen molar-refractivity contribution in [2.75, 3.05) is 20.2 Å². The van der Waals surface area contributed by atoms with Crippen LogP contribution in [0, 0.1) is 0 Å². The summed E-state index contributed by atoms with van der Waals surface area (Å²) in [5.41, 5.74) is 1.71. The Morgan fingerprint density at radius 2 is 2.19 bits per heavy atom. The third-order valence-electron chi connectivity index (χ3n) is 3.87. The SMILES string of the molecule is COC1(Cc2cc3c(s2)CCCC3)CNC1. The van der Waals surface area contributed by atoms with E-state index >= 15 is 0 Å². The van der Waals surface area contributed by atoms with Crippen LogP contribution in [0.2, 0.25) is 0 Å². The molecule has 1 aliphatic heterocycles. The maximum absolute atomic E-state index is 5.65. The van der Waals surface area contributed by atoms with Gasteiger partial charge in [-0.15, -0.1) is 11.3 Å². The van der Waals surface area contributed by atoms with Gasteiger partial charge in [0, 0.05) is 36.4 Å². The quantitative estimate of drug-likeness (QED) is 0.870. The molecule has 1 saturated heterocycles. The van der Waals surface area contributed by atoms with Gasteiger partial charge < -0.3 is 10.1 Å². The predicted octanol–water partition coefficient (Wildman–Crippen LogP) is 2.16. The minimum absolute atomic E-state index is 0.0907. The van der Waals surface area contributed by atoms with E-state index in [9.17, 15) is 0 Å². The van der Waals surface area contributed by atoms with Crippen LogP contribution in [0.15, 0.2) is 6.07 Å². The van der Waals surface area contributed by atoms with Crippen LogP contribution in [0.25, 0.3) is 0 Å². The van der Waals surface area contributed by atoms with E-state index < -0.39 is 0 Å². The van der Waals surface area contributed by atoms with Crippen LogP contribution in [-0.4, -0.2) is 25.8 Å². The Hall–Kier alpha value is -0.380. The molecule has 2 heterocycles. The highest BCUT2D eigenvalue weighted by molar-refractivity contribution is 7.12. The van der Waals surface area contributed by atoms with Gasteiger partial charge in [0.25, 0.3) is 0 Å². The summed E-state index contributed by atoms with van der Waals surface area (Å²) in [7, 11) is 1.84. The molecule has 3 heteroatoms. The maximum Gasteiger partial charge on any atom is 0.0973 e. The van der Waals surface area contributed by atoms with Gasteiger partial charge in [0.05, 0.1) is 5.60 Å². The molecule has 0 aromatic carbocycles. The molecule has 0 bridgehead atoms. The van der Waals surface area contributed by atoms with Gasteiger partial charge in [-0.3, -0.25) is 0 Å². The summed E-state index contributed by atoms with van der Waals surface area (Å²) < 4.78 is 5.65. The molecule has 0 saturated carbocycles. The molecule has 3 rings (SSSR count). The number of methoxy groups -OCH3 is 1. The number of rotatable bonds is 3. The zero-order valence-corrected chi connectivity index (χ0v) is 10.7. The highest BCUT2D eigenvalue weighted by Gasteiger charge is 2.37. The highest BCUT2D eigenvalue weighted by Crippen LogP contribution is 2.33. The first kappa shape index (κ1) is 10.8. The number of nitrogens with one attached hydrogen (secondary N) is 1. The number of thiophene rings is 1. The van der Waals surface area contributed by atoms with Gasteiger partial charge in [0.1, 0.15) is 0 Å². The maximum atomic E-state index is 5.65. The highest BCUT2D eigenvalue weighted by atomic mass is 32.1. The van der Waals surface area contributed by atoms with Crippen molar-refractivity contribution in [2.24, 2.45) is 0 Å². The van der Waals surface area contributed by atoms with E-state index in [4.69, 9.17) is 4.74 Å². The lowest BCUT2D eigenvalue weighted by molar-refractivity contribution is -0.0496. The van der Waals surface area contributed by atoms with Gasteiger partial charge >= 0.3 is 0 Å². The summed E-state index contributed by atoms with van der Waals surface area (Å²) in [4.78, 5) is 3.16. The lowest BCUT2D eigenvalue weighted by Gasteiger charge is -2.41. The Morgan fingerprint density at radius 1 is 1.38 bits per heavy atom. The van der Waals surface area contributed by atoms with Crippen molar-refractivity contribution in [1.82, 2.24) is 5.32 Å². The van der Waals surface area contributed by atoms with Crippen molar-refractivity contribution in [1.29, 1.82) is 0 Å². The van der Waals surface area contributed by atoms with E-state index in [1.54, 1.807) is 10.4 Å². The second-order valence-electron chi connectivity index (χ2n) is 5.04. The lowest BCUT2D eigenvalue weighted by atomic mass is 9.91. The summed E-state index contributed by atoms with van der Waals surface area (Å²) in [6, 6.07) is 2.43. The van der Waals surface area contributed by atoms with Gasteiger partial charge in [0.2, 0.25) is 0 Å². The number of fused-ring (bicyclic) bond motifs is 1. The first-order valence-corrected chi connectivity index (χ1v) is 6.99. The van der Waals surface area contributed by atoms with Gasteiger partial charge in [-0.05, 0) is 37.3 Å². The van der Waals surface area contributed by atoms with E-state index in [-0.39, 0.29) is 5.60 Å². The fraction of sp³-hybridized carbons (Fsp3) is 0.692. The summed E-state index contributed by atoms with van der Waals surface area (Å²) >= 11 is 2.02. The smallest absolute Gasteiger partial charge is 0.0973 e. The monoisotopic (exact) mass is 237 g/mol. The van der Waals surface area contributed by atoms with E-state index in [1.807, 2.05) is 18.4 Å². The van der Waals surface area contributed by atoms with Crippen LogP contribution in [0.5, 0.6) is 0 Å². The average molecular weight is 237 g/mol. The van der Waals surface area contributed by atoms with Gasteiger partial charge in [-0.2, -0.15) is 0 Å². The third kappa shape index (κ3) is 1.81. The molecule has 0 spiro atoms. The Bertz CT molecular complexity index is 352. The standard InChI is InChI=1S/C13H19NOS/c1-15-13(8-14-9-13)7-11-6-10-4-2-3-5-12(10)16-11/h6,14H,2-5,7-9H2,1H3. The number of hydrogen-bond donors (Lipinski definition) is 1. The molecule has 1 fully saturated rings. The second kappa shape index (κ2) is 4.13. The van der Waals surface area contributed by atoms with Crippen LogP contribution < -0.4 is 5.32 Å². The van der Waals surface area contributed by atoms with Crippen LogP contribution in [0.1, 0.15) is 28.2 Å². The Labute approximate surface area is 101 Å². The molecular weight excluding hydrogens is 218 g/mol. The second-order valence-corrected chi connectivity index (χ2v) is 6.26. The molecule has 16 heavy (non-hydrogen) atoms. The van der Waals surface area contributed by atoms with E-state index in [0.717, 1.165) is 19.5 Å². The fourth-order valence-electron chi connectivity index (χ4n) is 2.70. The lowest BCUT2D eigenvalue weighted by Crippen LogP contribution is -2.61. The minimum atomic E-state index is 0.0907. The molecule has 1 aromatic rings. The van der Waals surface area contributed by atoms with Crippen LogP contribution in [0.3, 0.4) is 0 Å². The number of hydrogen-bond acceptors (Lipinski definition) is 3. The summed E-state index contributed by atoms with van der Waals surface area (Å²) in [5, 5.41) is 3.31.